The first-order chi connectivity index (χ1) is 21.7. The van der Waals surface area contributed by atoms with Crippen molar-refractivity contribution in [3.8, 4) is 18.1 Å². The Morgan fingerprint density at radius 2 is 1.71 bits per heavy atom. The molecule has 14 nitrogen and oxygen atoms in total. The van der Waals surface area contributed by atoms with Crippen LogP contribution < -0.4 is 20.7 Å². The summed E-state index contributed by atoms with van der Waals surface area (Å²) in [5, 5.41) is 7.55. The van der Waals surface area contributed by atoms with Crippen LogP contribution in [0.25, 0.3) is 0 Å². The number of rotatable bonds is 14. The Kier molecular flexibility index (Phi) is 11.6. The number of fused-ring (bicyclic) bond motifs is 1. The minimum absolute atomic E-state index is 0.0148. The molecule has 1 atom stereocenters. The number of piperidine rings is 1. The fourth-order valence-electron chi connectivity index (χ4n) is 5.54. The highest BCUT2D eigenvalue weighted by atomic mass is 16.5. The van der Waals surface area contributed by atoms with Gasteiger partial charge in [-0.2, -0.15) is 0 Å². The van der Waals surface area contributed by atoms with Crippen LogP contribution in [0.5, 0.6) is 5.75 Å². The Balaban J connectivity index is 1.10. The van der Waals surface area contributed by atoms with E-state index in [9.17, 15) is 33.6 Å². The third kappa shape index (κ3) is 8.66. The highest BCUT2D eigenvalue weighted by Gasteiger charge is 2.46. The van der Waals surface area contributed by atoms with Crippen LogP contribution in [0.4, 0.5) is 0 Å². The number of ether oxygens (including phenoxy) is 1. The maximum Gasteiger partial charge on any atom is 0.295 e. The van der Waals surface area contributed by atoms with E-state index >= 15 is 0 Å². The van der Waals surface area contributed by atoms with Gasteiger partial charge in [0.05, 0.1) is 11.1 Å². The van der Waals surface area contributed by atoms with E-state index in [0.717, 1.165) is 37.4 Å². The monoisotopic (exact) mass is 622 g/mol. The predicted octanol–water partition coefficient (Wildman–Crippen LogP) is -0.573. The molecule has 4 rings (SSSR count). The minimum atomic E-state index is -1.09. The molecule has 3 aliphatic rings. The first kappa shape index (κ1) is 33.1. The summed E-state index contributed by atoms with van der Waals surface area (Å²) < 4.78 is 5.59. The van der Waals surface area contributed by atoms with Crippen molar-refractivity contribution in [2.75, 3.05) is 52.4 Å². The van der Waals surface area contributed by atoms with Crippen LogP contribution >= 0.6 is 0 Å². The van der Waals surface area contributed by atoms with Crippen molar-refractivity contribution in [3.63, 3.8) is 0 Å². The van der Waals surface area contributed by atoms with Gasteiger partial charge in [0, 0.05) is 52.1 Å². The van der Waals surface area contributed by atoms with Crippen molar-refractivity contribution in [3.05, 3.63) is 29.3 Å². The Bertz CT molecular complexity index is 1380. The van der Waals surface area contributed by atoms with Crippen molar-refractivity contribution in [1.29, 1.82) is 0 Å². The van der Waals surface area contributed by atoms with Gasteiger partial charge in [-0.05, 0) is 50.3 Å². The zero-order chi connectivity index (χ0) is 32.3. The molecular formula is C31H38N6O8. The van der Waals surface area contributed by atoms with Gasteiger partial charge in [0.15, 0.2) is 6.61 Å². The van der Waals surface area contributed by atoms with Gasteiger partial charge < -0.3 is 20.3 Å². The number of piperazine rings is 1. The predicted molar refractivity (Wildman–Crippen MR) is 160 cm³/mol. The summed E-state index contributed by atoms with van der Waals surface area (Å²) in [6.45, 7) is 4.30. The van der Waals surface area contributed by atoms with Gasteiger partial charge in [-0.3, -0.25) is 48.7 Å². The molecule has 0 spiro atoms. The van der Waals surface area contributed by atoms with E-state index in [1.54, 1.807) is 0 Å². The molecule has 0 bridgehead atoms. The van der Waals surface area contributed by atoms with Crippen LogP contribution in [-0.2, 0) is 24.0 Å². The number of amides is 7. The number of terminal acetylenes is 1. The minimum Gasteiger partial charge on any atom is -0.483 e. The summed E-state index contributed by atoms with van der Waals surface area (Å²) in [7, 11) is 0. The lowest BCUT2D eigenvalue weighted by atomic mass is 10.0. The first-order valence-electron chi connectivity index (χ1n) is 15.2. The number of unbranched alkanes of at least 4 members (excludes halogenated alkanes) is 2. The van der Waals surface area contributed by atoms with Crippen LogP contribution in [0.2, 0.25) is 0 Å². The summed E-state index contributed by atoms with van der Waals surface area (Å²) in [5.41, 5.74) is 0.0551. The highest BCUT2D eigenvalue weighted by Crippen LogP contribution is 2.33. The molecule has 14 heteroatoms. The Morgan fingerprint density at radius 1 is 0.956 bits per heavy atom. The second-order valence-electron chi connectivity index (χ2n) is 11.1. The third-order valence-electron chi connectivity index (χ3n) is 7.97. The van der Waals surface area contributed by atoms with Crippen LogP contribution in [0, 0.1) is 12.3 Å². The van der Waals surface area contributed by atoms with E-state index in [0.29, 0.717) is 45.4 Å². The fraction of sp³-hybridized carbons (Fsp3) is 0.516. The van der Waals surface area contributed by atoms with E-state index in [1.165, 1.54) is 18.2 Å². The molecule has 45 heavy (non-hydrogen) atoms. The number of imide groups is 2. The molecule has 1 aromatic carbocycles. The Hall–Kier alpha value is -4.77. The molecule has 3 aliphatic heterocycles. The van der Waals surface area contributed by atoms with E-state index in [4.69, 9.17) is 11.2 Å². The number of benzene rings is 1. The molecule has 2 saturated heterocycles. The van der Waals surface area contributed by atoms with Crippen molar-refractivity contribution in [2.24, 2.45) is 0 Å². The number of nitrogens with zero attached hydrogens (tertiary/aromatic N) is 3. The van der Waals surface area contributed by atoms with E-state index < -0.39 is 41.5 Å². The van der Waals surface area contributed by atoms with Gasteiger partial charge in [-0.15, -0.1) is 6.42 Å². The third-order valence-corrected chi connectivity index (χ3v) is 7.97. The average Bonchev–Trinajstić information content (AvgIpc) is 3.29. The molecule has 1 aromatic rings. The lowest BCUT2D eigenvalue weighted by molar-refractivity contribution is -0.136. The zero-order valence-electron chi connectivity index (χ0n) is 25.1. The van der Waals surface area contributed by atoms with Crippen molar-refractivity contribution in [2.45, 2.75) is 51.0 Å². The number of nitrogens with one attached hydrogen (secondary N) is 3. The molecular weight excluding hydrogens is 584 g/mol. The lowest BCUT2D eigenvalue weighted by Crippen LogP contribution is -2.54. The average molecular weight is 623 g/mol. The normalized spacial score (nSPS) is 18.2. The quantitative estimate of drug-likeness (QED) is 0.139. The SMILES string of the molecule is C#CC(=O)NCCCN1CCN(C(=O)CCCCCNC(=O)COc2cccc3c2C(=O)N(C2CCC(=O)NC2=O)C3=O)CC1. The smallest absolute Gasteiger partial charge is 0.295 e. The van der Waals surface area contributed by atoms with Gasteiger partial charge in [0.25, 0.3) is 23.6 Å². The fourth-order valence-corrected chi connectivity index (χ4v) is 5.54. The molecule has 0 saturated carbocycles. The van der Waals surface area contributed by atoms with Gasteiger partial charge in [0.2, 0.25) is 17.7 Å². The molecule has 0 radical (unpaired) electrons. The first-order valence-corrected chi connectivity index (χ1v) is 15.2. The van der Waals surface area contributed by atoms with E-state index in [-0.39, 0.29) is 42.2 Å². The molecule has 3 N–H and O–H groups in total. The topological polar surface area (TPSA) is 175 Å². The van der Waals surface area contributed by atoms with Crippen LogP contribution in [-0.4, -0.2) is 115 Å². The van der Waals surface area contributed by atoms with Gasteiger partial charge in [-0.25, -0.2) is 0 Å². The lowest BCUT2D eigenvalue weighted by Gasteiger charge is -2.34. The molecule has 1 unspecified atom stereocenters. The van der Waals surface area contributed by atoms with E-state index in [2.05, 4.69) is 20.9 Å². The molecule has 0 aromatic heterocycles. The largest absolute Gasteiger partial charge is 0.483 e. The van der Waals surface area contributed by atoms with Crippen molar-refractivity contribution >= 4 is 41.4 Å². The van der Waals surface area contributed by atoms with E-state index in [1.807, 2.05) is 10.8 Å². The highest BCUT2D eigenvalue weighted by molar-refractivity contribution is 6.24. The van der Waals surface area contributed by atoms with Gasteiger partial charge in [0.1, 0.15) is 11.8 Å². The summed E-state index contributed by atoms with van der Waals surface area (Å²) in [6, 6.07) is 3.36. The maximum atomic E-state index is 13.1. The van der Waals surface area contributed by atoms with Crippen molar-refractivity contribution in [1.82, 2.24) is 30.7 Å². The summed E-state index contributed by atoms with van der Waals surface area (Å²) in [6.07, 6.45) is 8.46. The van der Waals surface area contributed by atoms with Crippen LogP contribution in [0.3, 0.4) is 0 Å². The second-order valence-corrected chi connectivity index (χ2v) is 11.1. The molecule has 2 fully saturated rings. The molecule has 0 aliphatic carbocycles. The number of carbonyl (C=O) groups excluding carboxylic acids is 7. The Morgan fingerprint density at radius 3 is 2.44 bits per heavy atom. The number of hydrogen-bond donors (Lipinski definition) is 3. The summed E-state index contributed by atoms with van der Waals surface area (Å²) >= 11 is 0. The molecule has 7 amide bonds. The van der Waals surface area contributed by atoms with Crippen LogP contribution in [0.1, 0.15) is 65.7 Å². The molecule has 240 valence electrons. The number of hydrogen-bond acceptors (Lipinski definition) is 9. The summed E-state index contributed by atoms with van der Waals surface area (Å²) in [5.74, 6) is -1.14. The standard InChI is InChI=1S/C31H38N6O8/c1-2-24(38)32-14-7-15-35-16-18-36(19-17-35)27(41)10-4-3-5-13-33-26(40)20-45-23-9-6-8-21-28(23)31(44)37(30(21)43)22-11-12-25(39)34-29(22)42/h1,6,8-9,22H,3-5,7,10-20H2,(H,32,38)(H,33,40)(H,34,39,42). The zero-order valence-corrected chi connectivity index (χ0v) is 25.1. The maximum absolute atomic E-state index is 13.1. The molecule has 3 heterocycles. The van der Waals surface area contributed by atoms with Crippen LogP contribution in [0.15, 0.2) is 18.2 Å². The van der Waals surface area contributed by atoms with Gasteiger partial charge in [-0.1, -0.05) is 12.5 Å². The Labute approximate surface area is 261 Å². The second kappa shape index (κ2) is 15.8. The van der Waals surface area contributed by atoms with Crippen molar-refractivity contribution < 1.29 is 38.3 Å². The summed E-state index contributed by atoms with van der Waals surface area (Å²) in [4.78, 5) is 90.8. The van der Waals surface area contributed by atoms with Gasteiger partial charge >= 0.3 is 0 Å². The number of carbonyl (C=O) groups is 7.